The van der Waals surface area contributed by atoms with Gasteiger partial charge in [-0.15, -0.1) is 0 Å². The number of benzene rings is 2. The summed E-state index contributed by atoms with van der Waals surface area (Å²) in [6.07, 6.45) is 0.393. The number of rotatable bonds is 9. The number of hydrogen-bond donors (Lipinski definition) is 1. The van der Waals surface area contributed by atoms with E-state index in [9.17, 15) is 9.59 Å². The summed E-state index contributed by atoms with van der Waals surface area (Å²) in [5.74, 6) is 0.664. The Hall–Kier alpha value is -2.66. The summed E-state index contributed by atoms with van der Waals surface area (Å²) < 4.78 is 5.29. The Kier molecular flexibility index (Phi) is 7.76. The van der Waals surface area contributed by atoms with Gasteiger partial charge in [0.05, 0.1) is 13.2 Å². The van der Waals surface area contributed by atoms with E-state index in [-0.39, 0.29) is 30.6 Å². The molecule has 0 aliphatic rings. The lowest BCUT2D eigenvalue weighted by molar-refractivity contribution is -0.121. The number of carbonyl (C=O) groups excluding carboxylic acids is 2. The maximum atomic E-state index is 12.3. The molecular weight excluding hydrogens is 352 g/mol. The number of ether oxygens (including phenoxy) is 1. The van der Waals surface area contributed by atoms with E-state index in [1.807, 2.05) is 70.4 Å². The zero-order valence-electron chi connectivity index (χ0n) is 17.4. The van der Waals surface area contributed by atoms with Crippen molar-refractivity contribution in [1.29, 1.82) is 0 Å². The molecule has 0 saturated carbocycles. The van der Waals surface area contributed by atoms with Crippen molar-refractivity contribution in [1.82, 2.24) is 10.2 Å². The molecule has 2 aromatic carbocycles. The SMILES string of the molecule is COc1cccc(C(CNC(=O)CCC(=O)c2ccc(C)c(C)c2)N(C)C)c1. The molecule has 1 atom stereocenters. The Morgan fingerprint density at radius 1 is 1.04 bits per heavy atom. The van der Waals surface area contributed by atoms with Gasteiger partial charge in [0.15, 0.2) is 5.78 Å². The van der Waals surface area contributed by atoms with E-state index in [0.29, 0.717) is 12.1 Å². The summed E-state index contributed by atoms with van der Waals surface area (Å²) in [4.78, 5) is 26.7. The van der Waals surface area contributed by atoms with Gasteiger partial charge in [-0.25, -0.2) is 0 Å². The number of amides is 1. The minimum absolute atomic E-state index is 0.00444. The third-order valence-corrected chi connectivity index (χ3v) is 5.00. The summed E-state index contributed by atoms with van der Waals surface area (Å²) in [7, 11) is 5.58. The van der Waals surface area contributed by atoms with Crippen molar-refractivity contribution in [2.24, 2.45) is 0 Å². The van der Waals surface area contributed by atoms with Crippen LogP contribution in [0.3, 0.4) is 0 Å². The molecule has 1 unspecified atom stereocenters. The number of nitrogens with one attached hydrogen (secondary N) is 1. The first kappa shape index (κ1) is 21.6. The molecule has 0 spiro atoms. The summed E-state index contributed by atoms with van der Waals surface area (Å²) in [5.41, 5.74) is 3.97. The first-order valence-electron chi connectivity index (χ1n) is 9.49. The minimum Gasteiger partial charge on any atom is -0.497 e. The molecule has 0 heterocycles. The Bertz CT molecular complexity index is 830. The molecule has 0 aliphatic heterocycles. The second kappa shape index (κ2) is 10.0. The summed E-state index contributed by atoms with van der Waals surface area (Å²) >= 11 is 0. The third kappa shape index (κ3) is 5.92. The zero-order chi connectivity index (χ0) is 20.7. The lowest BCUT2D eigenvalue weighted by Crippen LogP contribution is -2.34. The first-order chi connectivity index (χ1) is 13.3. The van der Waals surface area contributed by atoms with Crippen LogP contribution in [0.4, 0.5) is 0 Å². The minimum atomic E-state index is -0.119. The van der Waals surface area contributed by atoms with E-state index in [2.05, 4.69) is 10.2 Å². The van der Waals surface area contributed by atoms with Crippen molar-refractivity contribution < 1.29 is 14.3 Å². The Morgan fingerprint density at radius 2 is 1.79 bits per heavy atom. The molecule has 0 aliphatic carbocycles. The fourth-order valence-corrected chi connectivity index (χ4v) is 3.03. The monoisotopic (exact) mass is 382 g/mol. The molecule has 5 heteroatoms. The maximum absolute atomic E-state index is 12.3. The molecule has 0 saturated heterocycles. The molecule has 5 nitrogen and oxygen atoms in total. The van der Waals surface area contributed by atoms with Gasteiger partial charge >= 0.3 is 0 Å². The van der Waals surface area contributed by atoms with Crippen LogP contribution >= 0.6 is 0 Å². The van der Waals surface area contributed by atoms with Crippen molar-refractivity contribution in [2.75, 3.05) is 27.7 Å². The molecule has 1 amide bonds. The Morgan fingerprint density at radius 3 is 2.43 bits per heavy atom. The zero-order valence-corrected chi connectivity index (χ0v) is 17.4. The molecule has 0 fully saturated rings. The van der Waals surface area contributed by atoms with E-state index >= 15 is 0 Å². The third-order valence-electron chi connectivity index (χ3n) is 5.00. The Labute approximate surface area is 167 Å². The normalized spacial score (nSPS) is 11.9. The van der Waals surface area contributed by atoms with Gasteiger partial charge in [0, 0.05) is 24.9 Å². The maximum Gasteiger partial charge on any atom is 0.220 e. The summed E-state index contributed by atoms with van der Waals surface area (Å²) in [6.45, 7) is 4.47. The number of methoxy groups -OCH3 is 1. The number of carbonyl (C=O) groups is 2. The molecule has 0 bridgehead atoms. The molecule has 2 aromatic rings. The second-order valence-corrected chi connectivity index (χ2v) is 7.28. The number of Topliss-reactive ketones (excluding diaryl/α,β-unsaturated/α-hetero) is 1. The first-order valence-corrected chi connectivity index (χ1v) is 9.49. The molecule has 1 N–H and O–H groups in total. The van der Waals surface area contributed by atoms with Gasteiger partial charge in [0.2, 0.25) is 5.91 Å². The predicted molar refractivity (Wildman–Crippen MR) is 112 cm³/mol. The molecule has 2 rings (SSSR count). The predicted octanol–water partition coefficient (Wildman–Crippen LogP) is 3.69. The van der Waals surface area contributed by atoms with Crippen molar-refractivity contribution >= 4 is 11.7 Å². The number of likely N-dealkylation sites (N-methyl/N-ethyl adjacent to an activating group) is 1. The average Bonchev–Trinajstić information content (AvgIpc) is 2.68. The van der Waals surface area contributed by atoms with Gasteiger partial charge in [-0.05, 0) is 62.8 Å². The van der Waals surface area contributed by atoms with Crippen LogP contribution < -0.4 is 10.1 Å². The van der Waals surface area contributed by atoms with Crippen LogP contribution in [0.25, 0.3) is 0 Å². The highest BCUT2D eigenvalue weighted by molar-refractivity contribution is 5.98. The molecule has 0 radical (unpaired) electrons. The summed E-state index contributed by atoms with van der Waals surface area (Å²) in [6, 6.07) is 13.5. The Balaban J connectivity index is 1.90. The quantitative estimate of drug-likeness (QED) is 0.672. The largest absolute Gasteiger partial charge is 0.497 e. The van der Waals surface area contributed by atoms with Gasteiger partial charge in [0.1, 0.15) is 5.75 Å². The number of hydrogen-bond acceptors (Lipinski definition) is 4. The number of nitrogens with zero attached hydrogens (tertiary/aromatic N) is 1. The van der Waals surface area contributed by atoms with E-state index in [0.717, 1.165) is 22.4 Å². The van der Waals surface area contributed by atoms with Crippen molar-refractivity contribution in [3.05, 3.63) is 64.7 Å². The van der Waals surface area contributed by atoms with Crippen molar-refractivity contribution in [3.8, 4) is 5.75 Å². The fourth-order valence-electron chi connectivity index (χ4n) is 3.03. The fraction of sp³-hybridized carbons (Fsp3) is 0.391. The highest BCUT2D eigenvalue weighted by Gasteiger charge is 2.17. The van der Waals surface area contributed by atoms with Crippen LogP contribution in [0.1, 0.15) is 45.9 Å². The number of ketones is 1. The molecular formula is C23H30N2O3. The lowest BCUT2D eigenvalue weighted by Gasteiger charge is -2.25. The highest BCUT2D eigenvalue weighted by Crippen LogP contribution is 2.22. The van der Waals surface area contributed by atoms with Crippen LogP contribution in [0.2, 0.25) is 0 Å². The van der Waals surface area contributed by atoms with Gasteiger partial charge in [-0.3, -0.25) is 9.59 Å². The second-order valence-electron chi connectivity index (χ2n) is 7.28. The standard InChI is InChI=1S/C23H30N2O3/c1-16-9-10-19(13-17(16)2)22(26)11-12-23(27)24-15-21(25(3)4)18-7-6-8-20(14-18)28-5/h6-10,13-14,21H,11-12,15H2,1-5H3,(H,24,27). The van der Waals surface area contributed by atoms with Crippen molar-refractivity contribution in [3.63, 3.8) is 0 Å². The average molecular weight is 383 g/mol. The van der Waals surface area contributed by atoms with E-state index in [1.54, 1.807) is 7.11 Å². The number of aryl methyl sites for hydroxylation is 2. The summed E-state index contributed by atoms with van der Waals surface area (Å²) in [5, 5.41) is 2.95. The van der Waals surface area contributed by atoms with Crippen LogP contribution in [0.5, 0.6) is 5.75 Å². The van der Waals surface area contributed by atoms with E-state index in [1.165, 1.54) is 0 Å². The van der Waals surface area contributed by atoms with E-state index < -0.39 is 0 Å². The van der Waals surface area contributed by atoms with E-state index in [4.69, 9.17) is 4.74 Å². The van der Waals surface area contributed by atoms with Crippen LogP contribution in [-0.4, -0.2) is 44.3 Å². The molecule has 28 heavy (non-hydrogen) atoms. The van der Waals surface area contributed by atoms with Gasteiger partial charge < -0.3 is 15.0 Å². The lowest BCUT2D eigenvalue weighted by atomic mass is 10.0. The van der Waals surface area contributed by atoms with Gasteiger partial charge in [-0.1, -0.05) is 24.3 Å². The topological polar surface area (TPSA) is 58.6 Å². The van der Waals surface area contributed by atoms with Crippen molar-refractivity contribution in [2.45, 2.75) is 32.7 Å². The van der Waals surface area contributed by atoms with Crippen LogP contribution in [0.15, 0.2) is 42.5 Å². The van der Waals surface area contributed by atoms with Crippen LogP contribution in [-0.2, 0) is 4.79 Å². The smallest absolute Gasteiger partial charge is 0.220 e. The highest BCUT2D eigenvalue weighted by atomic mass is 16.5. The molecule has 150 valence electrons. The van der Waals surface area contributed by atoms with Crippen LogP contribution in [0, 0.1) is 13.8 Å². The molecule has 0 aromatic heterocycles. The van der Waals surface area contributed by atoms with Gasteiger partial charge in [-0.2, -0.15) is 0 Å². The van der Waals surface area contributed by atoms with Gasteiger partial charge in [0.25, 0.3) is 0 Å².